The summed E-state index contributed by atoms with van der Waals surface area (Å²) in [6.07, 6.45) is 33.8. The van der Waals surface area contributed by atoms with Crippen molar-refractivity contribution < 1.29 is 28.6 Å². The van der Waals surface area contributed by atoms with Crippen molar-refractivity contribution in [3.05, 3.63) is 0 Å². The molecule has 0 aromatic carbocycles. The second-order valence-corrected chi connectivity index (χ2v) is 16.9. The lowest BCUT2D eigenvalue weighted by atomic mass is 9.99. The molecule has 0 radical (unpaired) electrons. The Balaban J connectivity index is 4.36. The molecule has 0 fully saturated rings. The molecule has 6 nitrogen and oxygen atoms in total. The maximum absolute atomic E-state index is 12.7. The van der Waals surface area contributed by atoms with E-state index in [9.17, 15) is 14.4 Å². The molecule has 0 aliphatic carbocycles. The van der Waals surface area contributed by atoms with Crippen molar-refractivity contribution in [2.24, 2.45) is 17.8 Å². The van der Waals surface area contributed by atoms with E-state index in [2.05, 4.69) is 41.5 Å². The Morgan fingerprint density at radius 2 is 0.673 bits per heavy atom. The Morgan fingerprint density at radius 1 is 0.385 bits per heavy atom. The van der Waals surface area contributed by atoms with E-state index in [-0.39, 0.29) is 31.1 Å². The Morgan fingerprint density at radius 3 is 1.00 bits per heavy atom. The minimum absolute atomic E-state index is 0.0670. The molecule has 308 valence electrons. The van der Waals surface area contributed by atoms with Crippen LogP contribution in [0.25, 0.3) is 0 Å². The van der Waals surface area contributed by atoms with Gasteiger partial charge in [0.25, 0.3) is 0 Å². The van der Waals surface area contributed by atoms with E-state index >= 15 is 0 Å². The van der Waals surface area contributed by atoms with E-state index < -0.39 is 6.10 Å². The number of unbranched alkanes of at least 4 members (excludes halogenated alkanes) is 21. The summed E-state index contributed by atoms with van der Waals surface area (Å²) in [5.41, 5.74) is 0. The van der Waals surface area contributed by atoms with Crippen LogP contribution in [0.2, 0.25) is 0 Å². The maximum atomic E-state index is 12.7. The standard InChI is InChI=1S/C46H88O6/c1-7-42(6)34-28-22-16-11-12-17-23-29-35-44(47)50-38-43(39-51-45(48)36-30-24-19-13-15-21-27-33-41(4)5)52-46(49)37-31-25-18-10-8-9-14-20-26-32-40(2)3/h40-43H,7-39H2,1-6H3/t42?,43-/m0/s1. The van der Waals surface area contributed by atoms with Gasteiger partial charge in [-0.15, -0.1) is 0 Å². The summed E-state index contributed by atoms with van der Waals surface area (Å²) in [5, 5.41) is 0. The molecule has 6 heteroatoms. The highest BCUT2D eigenvalue weighted by Crippen LogP contribution is 2.17. The Hall–Kier alpha value is -1.59. The zero-order chi connectivity index (χ0) is 38.5. The summed E-state index contributed by atoms with van der Waals surface area (Å²) in [6, 6.07) is 0. The molecule has 0 aromatic rings. The first-order valence-electron chi connectivity index (χ1n) is 22.6. The van der Waals surface area contributed by atoms with Crippen LogP contribution >= 0.6 is 0 Å². The predicted octanol–water partition coefficient (Wildman–Crippen LogP) is 14.0. The molecule has 0 N–H and O–H groups in total. The van der Waals surface area contributed by atoms with Crippen LogP contribution in [-0.2, 0) is 28.6 Å². The summed E-state index contributed by atoms with van der Waals surface area (Å²) < 4.78 is 16.7. The zero-order valence-electron chi connectivity index (χ0n) is 35.6. The van der Waals surface area contributed by atoms with Crippen LogP contribution in [-0.4, -0.2) is 37.2 Å². The lowest BCUT2D eigenvalue weighted by Crippen LogP contribution is -2.30. The van der Waals surface area contributed by atoms with Crippen molar-refractivity contribution in [2.75, 3.05) is 13.2 Å². The van der Waals surface area contributed by atoms with Gasteiger partial charge < -0.3 is 14.2 Å². The van der Waals surface area contributed by atoms with Gasteiger partial charge in [0.2, 0.25) is 0 Å². The molecule has 0 spiro atoms. The van der Waals surface area contributed by atoms with E-state index in [0.717, 1.165) is 75.5 Å². The summed E-state index contributed by atoms with van der Waals surface area (Å²) in [5.74, 6) is 1.57. The third-order valence-electron chi connectivity index (χ3n) is 10.5. The molecule has 0 amide bonds. The van der Waals surface area contributed by atoms with Crippen LogP contribution in [0.4, 0.5) is 0 Å². The van der Waals surface area contributed by atoms with Crippen LogP contribution in [0.5, 0.6) is 0 Å². The van der Waals surface area contributed by atoms with Crippen LogP contribution in [0, 0.1) is 17.8 Å². The van der Waals surface area contributed by atoms with Crippen molar-refractivity contribution >= 4 is 17.9 Å². The maximum Gasteiger partial charge on any atom is 0.306 e. The highest BCUT2D eigenvalue weighted by atomic mass is 16.6. The van der Waals surface area contributed by atoms with E-state index in [1.54, 1.807) is 0 Å². The third-order valence-corrected chi connectivity index (χ3v) is 10.5. The van der Waals surface area contributed by atoms with Gasteiger partial charge in [-0.25, -0.2) is 0 Å². The fourth-order valence-electron chi connectivity index (χ4n) is 6.67. The van der Waals surface area contributed by atoms with E-state index in [4.69, 9.17) is 14.2 Å². The fourth-order valence-corrected chi connectivity index (χ4v) is 6.67. The fraction of sp³-hybridized carbons (Fsp3) is 0.935. The summed E-state index contributed by atoms with van der Waals surface area (Å²) in [6.45, 7) is 13.6. The second kappa shape index (κ2) is 37.7. The molecule has 0 saturated heterocycles. The quantitative estimate of drug-likeness (QED) is 0.0355. The lowest BCUT2D eigenvalue weighted by Gasteiger charge is -2.18. The largest absolute Gasteiger partial charge is 0.462 e. The van der Waals surface area contributed by atoms with Crippen molar-refractivity contribution in [1.82, 2.24) is 0 Å². The normalized spacial score (nSPS) is 12.7. The number of rotatable bonds is 39. The van der Waals surface area contributed by atoms with Gasteiger partial charge in [0.15, 0.2) is 6.10 Å². The molecular weight excluding hydrogens is 648 g/mol. The monoisotopic (exact) mass is 737 g/mol. The number of carbonyl (C=O) groups is 3. The van der Waals surface area contributed by atoms with Gasteiger partial charge in [0.1, 0.15) is 13.2 Å². The van der Waals surface area contributed by atoms with Gasteiger partial charge in [0, 0.05) is 19.3 Å². The van der Waals surface area contributed by atoms with Crippen molar-refractivity contribution in [3.8, 4) is 0 Å². The first-order valence-corrected chi connectivity index (χ1v) is 22.6. The van der Waals surface area contributed by atoms with E-state index in [1.165, 1.54) is 122 Å². The van der Waals surface area contributed by atoms with Crippen molar-refractivity contribution in [2.45, 2.75) is 247 Å². The molecule has 0 rings (SSSR count). The topological polar surface area (TPSA) is 78.9 Å². The number of ether oxygens (including phenoxy) is 3. The van der Waals surface area contributed by atoms with Gasteiger partial charge in [-0.05, 0) is 37.0 Å². The summed E-state index contributed by atoms with van der Waals surface area (Å²) in [4.78, 5) is 37.7. The Kier molecular flexibility index (Phi) is 36.6. The molecule has 2 atom stereocenters. The first kappa shape index (κ1) is 50.4. The van der Waals surface area contributed by atoms with Crippen molar-refractivity contribution in [3.63, 3.8) is 0 Å². The molecule has 0 saturated carbocycles. The van der Waals surface area contributed by atoms with Crippen LogP contribution in [0.1, 0.15) is 241 Å². The Labute approximate surface area is 323 Å². The smallest absolute Gasteiger partial charge is 0.306 e. The third kappa shape index (κ3) is 38.1. The second-order valence-electron chi connectivity index (χ2n) is 16.9. The molecule has 0 aromatic heterocycles. The number of hydrogen-bond donors (Lipinski definition) is 0. The molecule has 0 aliphatic heterocycles. The van der Waals surface area contributed by atoms with E-state index in [0.29, 0.717) is 19.3 Å². The van der Waals surface area contributed by atoms with Gasteiger partial charge in [0.05, 0.1) is 0 Å². The van der Waals surface area contributed by atoms with Crippen LogP contribution < -0.4 is 0 Å². The molecular formula is C46H88O6. The predicted molar refractivity (Wildman–Crippen MR) is 219 cm³/mol. The van der Waals surface area contributed by atoms with Gasteiger partial charge >= 0.3 is 17.9 Å². The molecule has 1 unspecified atom stereocenters. The summed E-state index contributed by atoms with van der Waals surface area (Å²) in [7, 11) is 0. The average Bonchev–Trinajstić information content (AvgIpc) is 3.11. The highest BCUT2D eigenvalue weighted by molar-refractivity contribution is 5.71. The first-order chi connectivity index (χ1) is 25.1. The lowest BCUT2D eigenvalue weighted by molar-refractivity contribution is -0.167. The zero-order valence-corrected chi connectivity index (χ0v) is 35.6. The van der Waals surface area contributed by atoms with E-state index in [1.807, 2.05) is 0 Å². The molecule has 0 aliphatic rings. The summed E-state index contributed by atoms with van der Waals surface area (Å²) >= 11 is 0. The van der Waals surface area contributed by atoms with Gasteiger partial charge in [-0.2, -0.15) is 0 Å². The van der Waals surface area contributed by atoms with Crippen LogP contribution in [0.3, 0.4) is 0 Å². The minimum Gasteiger partial charge on any atom is -0.462 e. The average molecular weight is 737 g/mol. The molecule has 0 heterocycles. The van der Waals surface area contributed by atoms with Crippen molar-refractivity contribution in [1.29, 1.82) is 0 Å². The number of hydrogen-bond acceptors (Lipinski definition) is 6. The van der Waals surface area contributed by atoms with Gasteiger partial charge in [-0.1, -0.05) is 202 Å². The van der Waals surface area contributed by atoms with Gasteiger partial charge in [-0.3, -0.25) is 14.4 Å². The van der Waals surface area contributed by atoms with Crippen LogP contribution in [0.15, 0.2) is 0 Å². The minimum atomic E-state index is -0.762. The SMILES string of the molecule is CCC(C)CCCCCCCCCCC(=O)OC[C@@H](COC(=O)CCCCCCCCCC(C)C)OC(=O)CCCCCCCCCCCC(C)C. The number of esters is 3. The molecule has 52 heavy (non-hydrogen) atoms. The highest BCUT2D eigenvalue weighted by Gasteiger charge is 2.19. The molecule has 0 bridgehead atoms. The number of carbonyl (C=O) groups excluding carboxylic acids is 3. The Bertz CT molecular complexity index is 809.